The van der Waals surface area contributed by atoms with E-state index in [1.54, 1.807) is 0 Å². The Morgan fingerprint density at radius 3 is 2.44 bits per heavy atom. The molecule has 2 aliphatic carbocycles. The first-order valence-corrected chi connectivity index (χ1v) is 7.30. The minimum absolute atomic E-state index is 0. The van der Waals surface area contributed by atoms with Crippen molar-refractivity contribution in [2.24, 2.45) is 16.6 Å². The highest BCUT2D eigenvalue weighted by atomic mass is 127. The lowest BCUT2D eigenvalue weighted by Crippen LogP contribution is -2.35. The zero-order valence-corrected chi connectivity index (χ0v) is 13.9. The summed E-state index contributed by atoms with van der Waals surface area (Å²) >= 11 is 0. The van der Waals surface area contributed by atoms with Crippen molar-refractivity contribution in [2.75, 3.05) is 13.6 Å². The second kappa shape index (κ2) is 8.23. The molecule has 0 unspecified atom stereocenters. The summed E-state index contributed by atoms with van der Waals surface area (Å²) in [6, 6.07) is 0.678. The van der Waals surface area contributed by atoms with Crippen molar-refractivity contribution in [3.05, 3.63) is 0 Å². The van der Waals surface area contributed by atoms with Crippen molar-refractivity contribution < 1.29 is 0 Å². The second-order valence-electron chi connectivity index (χ2n) is 5.73. The fraction of sp³-hybridized carbons (Fsp3) is 0.929. The smallest absolute Gasteiger partial charge is 0.191 e. The maximum atomic E-state index is 5.94. The fourth-order valence-electron chi connectivity index (χ4n) is 2.80. The first-order chi connectivity index (χ1) is 8.27. The highest BCUT2D eigenvalue weighted by molar-refractivity contribution is 14.0. The van der Waals surface area contributed by atoms with Crippen LogP contribution in [0.15, 0.2) is 4.99 Å². The molecule has 0 amide bonds. The first-order valence-electron chi connectivity index (χ1n) is 7.30. The summed E-state index contributed by atoms with van der Waals surface area (Å²) in [7, 11) is 2.06. The summed E-state index contributed by atoms with van der Waals surface area (Å²) in [5.74, 6) is 1.76. The van der Waals surface area contributed by atoms with E-state index in [0.717, 1.165) is 18.4 Å². The average molecular weight is 365 g/mol. The third-order valence-corrected chi connectivity index (χ3v) is 4.22. The molecule has 0 heterocycles. The van der Waals surface area contributed by atoms with Crippen molar-refractivity contribution in [2.45, 2.75) is 63.8 Å². The summed E-state index contributed by atoms with van der Waals surface area (Å²) in [5, 5.41) is 0. The Kier molecular flexibility index (Phi) is 7.34. The number of hydrogen-bond donors (Lipinski definition) is 1. The van der Waals surface area contributed by atoms with Gasteiger partial charge >= 0.3 is 0 Å². The molecular weight excluding hydrogens is 337 g/mol. The topological polar surface area (TPSA) is 41.6 Å². The minimum Gasteiger partial charge on any atom is -0.370 e. The van der Waals surface area contributed by atoms with E-state index in [2.05, 4.69) is 16.9 Å². The Hall–Kier alpha value is 0. The van der Waals surface area contributed by atoms with Crippen LogP contribution in [0.2, 0.25) is 0 Å². The van der Waals surface area contributed by atoms with Crippen LogP contribution in [0.1, 0.15) is 57.8 Å². The van der Waals surface area contributed by atoms with Crippen molar-refractivity contribution in [1.82, 2.24) is 4.90 Å². The van der Waals surface area contributed by atoms with Crippen LogP contribution in [0.25, 0.3) is 0 Å². The van der Waals surface area contributed by atoms with Gasteiger partial charge in [0, 0.05) is 19.6 Å². The molecule has 3 nitrogen and oxygen atoms in total. The maximum absolute atomic E-state index is 5.94. The molecule has 0 atom stereocenters. The van der Waals surface area contributed by atoms with Crippen LogP contribution in [0, 0.1) is 5.92 Å². The molecule has 0 aromatic heterocycles. The summed E-state index contributed by atoms with van der Waals surface area (Å²) < 4.78 is 0. The number of halogens is 1. The molecular formula is C14H28IN3. The second-order valence-corrected chi connectivity index (χ2v) is 5.73. The summed E-state index contributed by atoms with van der Waals surface area (Å²) in [4.78, 5) is 6.61. The van der Waals surface area contributed by atoms with Gasteiger partial charge in [-0.3, -0.25) is 4.99 Å². The van der Waals surface area contributed by atoms with E-state index in [1.807, 2.05) is 0 Å². The highest BCUT2D eigenvalue weighted by Gasteiger charge is 2.27. The van der Waals surface area contributed by atoms with E-state index >= 15 is 0 Å². The molecule has 2 rings (SSSR count). The molecule has 2 fully saturated rings. The van der Waals surface area contributed by atoms with Gasteiger partial charge in [0.25, 0.3) is 0 Å². The molecule has 0 radical (unpaired) electrons. The lowest BCUT2D eigenvalue weighted by Gasteiger charge is -2.16. The number of nitrogens with zero attached hydrogens (tertiary/aromatic N) is 2. The predicted octanol–water partition coefficient (Wildman–Crippen LogP) is 3.37. The molecule has 2 saturated carbocycles. The third kappa shape index (κ3) is 5.33. The Morgan fingerprint density at radius 1 is 1.17 bits per heavy atom. The number of guanidine groups is 1. The zero-order chi connectivity index (χ0) is 12.1. The van der Waals surface area contributed by atoms with E-state index in [4.69, 9.17) is 5.73 Å². The van der Waals surface area contributed by atoms with Crippen molar-refractivity contribution in [3.8, 4) is 0 Å². The van der Waals surface area contributed by atoms with Gasteiger partial charge in [-0.05, 0) is 25.2 Å². The molecule has 0 bridgehead atoms. The Balaban J connectivity index is 0.00000162. The Bertz CT molecular complexity index is 258. The number of rotatable bonds is 6. The van der Waals surface area contributed by atoms with Crippen LogP contribution < -0.4 is 5.73 Å². The zero-order valence-electron chi connectivity index (χ0n) is 11.6. The first kappa shape index (κ1) is 16.1. The minimum atomic E-state index is 0. The molecule has 0 aromatic rings. The van der Waals surface area contributed by atoms with Crippen LogP contribution in [0.3, 0.4) is 0 Å². The molecule has 0 spiro atoms. The predicted molar refractivity (Wildman–Crippen MR) is 88.5 cm³/mol. The number of unbranched alkanes of at least 4 members (excludes halogenated alkanes) is 1. The lowest BCUT2D eigenvalue weighted by molar-refractivity contribution is 0.470. The third-order valence-electron chi connectivity index (χ3n) is 4.22. The fourth-order valence-corrected chi connectivity index (χ4v) is 2.80. The van der Waals surface area contributed by atoms with Crippen molar-refractivity contribution in [1.29, 1.82) is 0 Å². The molecule has 18 heavy (non-hydrogen) atoms. The van der Waals surface area contributed by atoms with E-state index in [0.29, 0.717) is 6.04 Å². The van der Waals surface area contributed by atoms with Gasteiger partial charge in [0.05, 0.1) is 0 Å². The van der Waals surface area contributed by atoms with Crippen LogP contribution in [0.5, 0.6) is 0 Å². The van der Waals surface area contributed by atoms with Crippen molar-refractivity contribution in [3.63, 3.8) is 0 Å². The van der Waals surface area contributed by atoms with Crippen LogP contribution in [-0.4, -0.2) is 30.5 Å². The molecule has 0 aliphatic heterocycles. The van der Waals surface area contributed by atoms with Gasteiger partial charge in [-0.1, -0.05) is 38.5 Å². The summed E-state index contributed by atoms with van der Waals surface area (Å²) in [5.41, 5.74) is 5.94. The molecule has 106 valence electrons. The molecule has 0 saturated heterocycles. The molecule has 2 aliphatic rings. The van der Waals surface area contributed by atoms with Gasteiger partial charge in [0.1, 0.15) is 0 Å². The van der Waals surface area contributed by atoms with Gasteiger partial charge < -0.3 is 10.6 Å². The van der Waals surface area contributed by atoms with E-state index < -0.39 is 0 Å². The van der Waals surface area contributed by atoms with E-state index in [9.17, 15) is 0 Å². The van der Waals surface area contributed by atoms with Gasteiger partial charge in [-0.2, -0.15) is 0 Å². The molecule has 4 heteroatoms. The Labute approximate surface area is 129 Å². The number of aliphatic imine (C=N–C) groups is 1. The maximum Gasteiger partial charge on any atom is 0.191 e. The van der Waals surface area contributed by atoms with Gasteiger partial charge in [-0.15, -0.1) is 24.0 Å². The lowest BCUT2D eigenvalue weighted by atomic mass is 10.0. The van der Waals surface area contributed by atoms with Crippen LogP contribution in [-0.2, 0) is 0 Å². The molecule has 2 N–H and O–H groups in total. The van der Waals surface area contributed by atoms with E-state index in [1.165, 1.54) is 57.8 Å². The summed E-state index contributed by atoms with van der Waals surface area (Å²) in [6.45, 7) is 0.912. The largest absolute Gasteiger partial charge is 0.370 e. The monoisotopic (exact) mass is 365 g/mol. The normalized spacial score (nSPS) is 20.8. The van der Waals surface area contributed by atoms with Crippen LogP contribution >= 0.6 is 24.0 Å². The van der Waals surface area contributed by atoms with Gasteiger partial charge in [0.15, 0.2) is 5.96 Å². The SMILES string of the molecule is CN(C(N)=NCCCCC1CCCC1)C1CC1.I. The van der Waals surface area contributed by atoms with Gasteiger partial charge in [0.2, 0.25) is 0 Å². The standard InChI is InChI=1S/C14H27N3.HI/c1-17(13-9-10-13)14(15)16-11-5-4-8-12-6-2-3-7-12;/h12-13H,2-11H2,1H3,(H2,15,16);1H. The highest BCUT2D eigenvalue weighted by Crippen LogP contribution is 2.29. The van der Waals surface area contributed by atoms with Crippen LogP contribution in [0.4, 0.5) is 0 Å². The van der Waals surface area contributed by atoms with Crippen molar-refractivity contribution >= 4 is 29.9 Å². The Morgan fingerprint density at radius 2 is 1.83 bits per heavy atom. The average Bonchev–Trinajstić information content (AvgIpc) is 3.05. The molecule has 0 aromatic carbocycles. The summed E-state index contributed by atoms with van der Waals surface area (Å²) in [6.07, 6.45) is 12.4. The van der Waals surface area contributed by atoms with Gasteiger partial charge in [-0.25, -0.2) is 0 Å². The number of hydrogen-bond acceptors (Lipinski definition) is 1. The number of nitrogens with two attached hydrogens (primary N) is 1. The quantitative estimate of drug-likeness (QED) is 0.339. The van der Waals surface area contributed by atoms with E-state index in [-0.39, 0.29) is 24.0 Å².